The number of fused-ring (bicyclic) bond motifs is 1. The molecule has 0 aromatic heterocycles. The summed E-state index contributed by atoms with van der Waals surface area (Å²) in [6, 6.07) is 19.5. The van der Waals surface area contributed by atoms with Crippen LogP contribution >= 0.6 is 0 Å². The summed E-state index contributed by atoms with van der Waals surface area (Å²) < 4.78 is 5.28. The molecule has 0 radical (unpaired) electrons. The molecule has 5 nitrogen and oxygen atoms in total. The van der Waals surface area contributed by atoms with Crippen LogP contribution in [0.1, 0.15) is 34.6 Å². The number of carbonyl (C=O) groups is 3. The summed E-state index contributed by atoms with van der Waals surface area (Å²) in [6.45, 7) is 2.99. The first-order valence-corrected chi connectivity index (χ1v) is 8.55. The van der Waals surface area contributed by atoms with E-state index < -0.39 is 18.0 Å². The molecule has 3 aromatic carbocycles. The number of ketones is 1. The molecule has 0 fully saturated rings. The van der Waals surface area contributed by atoms with E-state index in [9.17, 15) is 14.4 Å². The van der Waals surface area contributed by atoms with Crippen molar-refractivity contribution in [3.63, 3.8) is 0 Å². The first-order chi connectivity index (χ1) is 12.9. The minimum Gasteiger partial charge on any atom is -0.449 e. The number of amides is 1. The largest absolute Gasteiger partial charge is 0.449 e. The Morgan fingerprint density at radius 3 is 2.15 bits per heavy atom. The average molecular weight is 361 g/mol. The summed E-state index contributed by atoms with van der Waals surface area (Å²) in [5.74, 6) is -1.05. The number of hydrogen-bond donors (Lipinski definition) is 1. The van der Waals surface area contributed by atoms with E-state index in [0.29, 0.717) is 16.8 Å². The van der Waals surface area contributed by atoms with Crippen LogP contribution in [0.3, 0.4) is 0 Å². The van der Waals surface area contributed by atoms with E-state index in [1.165, 1.54) is 13.8 Å². The van der Waals surface area contributed by atoms with Gasteiger partial charge in [0.25, 0.3) is 5.91 Å². The lowest BCUT2D eigenvalue weighted by Crippen LogP contribution is -2.30. The second kappa shape index (κ2) is 7.83. The zero-order valence-electron chi connectivity index (χ0n) is 15.1. The topological polar surface area (TPSA) is 72.5 Å². The molecule has 1 N–H and O–H groups in total. The molecule has 27 heavy (non-hydrogen) atoms. The van der Waals surface area contributed by atoms with Gasteiger partial charge in [-0.1, -0.05) is 30.3 Å². The summed E-state index contributed by atoms with van der Waals surface area (Å²) in [5, 5.41) is 4.61. The third-order valence-electron chi connectivity index (χ3n) is 4.20. The van der Waals surface area contributed by atoms with Crippen LogP contribution in [0.2, 0.25) is 0 Å². The van der Waals surface area contributed by atoms with Crippen LogP contribution < -0.4 is 5.32 Å². The van der Waals surface area contributed by atoms with Crippen molar-refractivity contribution in [1.82, 2.24) is 0 Å². The highest BCUT2D eigenvalue weighted by Gasteiger charge is 2.19. The van der Waals surface area contributed by atoms with Crippen molar-refractivity contribution < 1.29 is 19.1 Å². The van der Waals surface area contributed by atoms with Crippen molar-refractivity contribution in [3.8, 4) is 0 Å². The fourth-order valence-electron chi connectivity index (χ4n) is 2.63. The minimum atomic E-state index is -0.962. The van der Waals surface area contributed by atoms with Crippen LogP contribution in [0.4, 0.5) is 5.69 Å². The van der Waals surface area contributed by atoms with Crippen LogP contribution in [0.15, 0.2) is 66.7 Å². The monoisotopic (exact) mass is 361 g/mol. The molecule has 0 aliphatic rings. The predicted molar refractivity (Wildman–Crippen MR) is 104 cm³/mol. The van der Waals surface area contributed by atoms with Crippen molar-refractivity contribution in [2.24, 2.45) is 0 Å². The fourth-order valence-corrected chi connectivity index (χ4v) is 2.63. The molecular formula is C22H19NO4. The van der Waals surface area contributed by atoms with Gasteiger partial charge < -0.3 is 10.1 Å². The SMILES string of the molecule is CC(=O)c1ccc(NC(=O)C(C)OC(=O)c2ccc3ccccc3c2)cc1. The van der Waals surface area contributed by atoms with Gasteiger partial charge in [0.05, 0.1) is 5.56 Å². The van der Waals surface area contributed by atoms with E-state index in [1.54, 1.807) is 36.4 Å². The number of Topliss-reactive ketones (excluding diaryl/α,β-unsaturated/α-hetero) is 1. The van der Waals surface area contributed by atoms with Gasteiger partial charge in [0, 0.05) is 11.3 Å². The first-order valence-electron chi connectivity index (χ1n) is 8.55. The normalized spacial score (nSPS) is 11.6. The van der Waals surface area contributed by atoms with Gasteiger partial charge in [0.2, 0.25) is 0 Å². The summed E-state index contributed by atoms with van der Waals surface area (Å²) in [6.07, 6.45) is -0.962. The van der Waals surface area contributed by atoms with E-state index in [4.69, 9.17) is 4.74 Å². The summed E-state index contributed by atoms with van der Waals surface area (Å²) in [4.78, 5) is 35.9. The molecule has 0 aliphatic carbocycles. The number of rotatable bonds is 5. The molecule has 0 saturated heterocycles. The number of esters is 1. The highest BCUT2D eigenvalue weighted by molar-refractivity contribution is 5.99. The summed E-state index contributed by atoms with van der Waals surface area (Å²) in [5.41, 5.74) is 1.47. The zero-order chi connectivity index (χ0) is 19.4. The third-order valence-corrected chi connectivity index (χ3v) is 4.20. The predicted octanol–water partition coefficient (Wildman–Crippen LogP) is 4.23. The second-order valence-electron chi connectivity index (χ2n) is 6.23. The first kappa shape index (κ1) is 18.3. The molecule has 3 rings (SSSR count). The highest BCUT2D eigenvalue weighted by Crippen LogP contribution is 2.17. The molecule has 1 atom stereocenters. The average Bonchev–Trinajstić information content (AvgIpc) is 2.67. The number of carbonyl (C=O) groups excluding carboxylic acids is 3. The molecule has 0 saturated carbocycles. The van der Waals surface area contributed by atoms with E-state index in [0.717, 1.165) is 10.8 Å². The molecule has 136 valence electrons. The van der Waals surface area contributed by atoms with Crippen molar-refractivity contribution >= 4 is 34.1 Å². The third kappa shape index (κ3) is 4.39. The van der Waals surface area contributed by atoms with Gasteiger partial charge in [-0.25, -0.2) is 4.79 Å². The molecule has 1 unspecified atom stereocenters. The van der Waals surface area contributed by atoms with Gasteiger partial charge in [0.15, 0.2) is 11.9 Å². The van der Waals surface area contributed by atoms with E-state index >= 15 is 0 Å². The lowest BCUT2D eigenvalue weighted by atomic mass is 10.1. The Labute approximate surface area is 157 Å². The van der Waals surface area contributed by atoms with Crippen LogP contribution in [0.5, 0.6) is 0 Å². The van der Waals surface area contributed by atoms with Gasteiger partial charge in [-0.05, 0) is 61.0 Å². The minimum absolute atomic E-state index is 0.0504. The maximum atomic E-state index is 12.3. The zero-order valence-corrected chi connectivity index (χ0v) is 15.1. The van der Waals surface area contributed by atoms with Gasteiger partial charge in [0.1, 0.15) is 0 Å². The summed E-state index contributed by atoms with van der Waals surface area (Å²) in [7, 11) is 0. The highest BCUT2D eigenvalue weighted by atomic mass is 16.5. The molecule has 0 bridgehead atoms. The molecule has 0 aliphatic heterocycles. The van der Waals surface area contributed by atoms with Crippen LogP contribution in [-0.4, -0.2) is 23.8 Å². The van der Waals surface area contributed by atoms with Crippen molar-refractivity contribution in [2.45, 2.75) is 20.0 Å². The Balaban J connectivity index is 1.64. The van der Waals surface area contributed by atoms with Gasteiger partial charge >= 0.3 is 5.97 Å². The van der Waals surface area contributed by atoms with Crippen LogP contribution in [0.25, 0.3) is 10.8 Å². The van der Waals surface area contributed by atoms with Gasteiger partial charge in [-0.2, -0.15) is 0 Å². The lowest BCUT2D eigenvalue weighted by Gasteiger charge is -2.14. The van der Waals surface area contributed by atoms with Crippen LogP contribution in [0, 0.1) is 0 Å². The number of ether oxygens (including phenoxy) is 1. The smallest absolute Gasteiger partial charge is 0.338 e. The second-order valence-corrected chi connectivity index (χ2v) is 6.23. The van der Waals surface area contributed by atoms with E-state index in [-0.39, 0.29) is 5.78 Å². The number of nitrogens with one attached hydrogen (secondary N) is 1. The Hall–Kier alpha value is -3.47. The molecule has 1 amide bonds. The van der Waals surface area contributed by atoms with Crippen molar-refractivity contribution in [2.75, 3.05) is 5.32 Å². The quantitative estimate of drug-likeness (QED) is 0.545. The Bertz CT molecular complexity index is 1010. The molecule has 0 heterocycles. The lowest BCUT2D eigenvalue weighted by molar-refractivity contribution is -0.123. The van der Waals surface area contributed by atoms with Gasteiger partial charge in [-0.3, -0.25) is 9.59 Å². The van der Waals surface area contributed by atoms with Crippen LogP contribution in [-0.2, 0) is 9.53 Å². The fraction of sp³-hybridized carbons (Fsp3) is 0.136. The maximum Gasteiger partial charge on any atom is 0.338 e. The number of hydrogen-bond acceptors (Lipinski definition) is 4. The molecule has 0 spiro atoms. The molecule has 3 aromatic rings. The Morgan fingerprint density at radius 2 is 1.48 bits per heavy atom. The molecule has 5 heteroatoms. The Kier molecular flexibility index (Phi) is 5.31. The number of anilines is 1. The maximum absolute atomic E-state index is 12.3. The van der Waals surface area contributed by atoms with Gasteiger partial charge in [-0.15, -0.1) is 0 Å². The van der Waals surface area contributed by atoms with Crippen molar-refractivity contribution in [1.29, 1.82) is 0 Å². The Morgan fingerprint density at radius 1 is 0.852 bits per heavy atom. The summed E-state index contributed by atoms with van der Waals surface area (Å²) >= 11 is 0. The molecular weight excluding hydrogens is 342 g/mol. The van der Waals surface area contributed by atoms with E-state index in [2.05, 4.69) is 5.32 Å². The standard InChI is InChI=1S/C22H19NO4/c1-14(24)16-9-11-20(12-10-16)23-21(25)15(2)27-22(26)19-8-7-17-5-3-4-6-18(17)13-19/h3-13,15H,1-2H3,(H,23,25). The van der Waals surface area contributed by atoms with Crippen molar-refractivity contribution in [3.05, 3.63) is 77.9 Å². The number of benzene rings is 3. The van der Waals surface area contributed by atoms with E-state index in [1.807, 2.05) is 30.3 Å².